The summed E-state index contributed by atoms with van der Waals surface area (Å²) >= 11 is 4.08. The third kappa shape index (κ3) is 76.1. The molecule has 0 rings (SSSR count). The molecule has 12 heavy (non-hydrogen) atoms. The van der Waals surface area contributed by atoms with E-state index >= 15 is 0 Å². The van der Waals surface area contributed by atoms with Crippen LogP contribution in [0.2, 0.25) is 0 Å². The third-order valence-corrected chi connectivity index (χ3v) is 0.694. The zero-order valence-electron chi connectivity index (χ0n) is 5.04. The third-order valence-electron chi connectivity index (χ3n) is 0.0772. The summed E-state index contributed by atoms with van der Waals surface area (Å²) in [5, 5.41) is 0. The first-order valence-corrected chi connectivity index (χ1v) is 4.46. The molecule has 0 aromatic rings. The van der Waals surface area contributed by atoms with Crippen molar-refractivity contribution in [2.45, 2.75) is 0 Å². The van der Waals surface area contributed by atoms with E-state index in [4.69, 9.17) is 30.5 Å². The Hall–Kier alpha value is 0.562. The molecule has 0 saturated carbocycles. The van der Waals surface area contributed by atoms with Crippen molar-refractivity contribution in [2.24, 2.45) is 0 Å². The minimum Gasteiger partial charge on any atom is -0.759 e. The van der Waals surface area contributed by atoms with Crippen molar-refractivity contribution in [3.05, 3.63) is 0 Å². The minimum absolute atomic E-state index is 0. The summed E-state index contributed by atoms with van der Waals surface area (Å²) in [6.45, 7) is 0. The van der Waals surface area contributed by atoms with Crippen LogP contribution in [0.15, 0.2) is 0 Å². The molecule has 70 valence electrons. The Bertz CT molecular complexity index is 264. The summed E-state index contributed by atoms with van der Waals surface area (Å²) in [5.74, 6) is 0. The predicted octanol–water partition coefficient (Wildman–Crippen LogP) is -2.10. The van der Waals surface area contributed by atoms with Crippen molar-refractivity contribution in [1.29, 1.82) is 0 Å². The predicted molar refractivity (Wildman–Crippen MR) is 32.9 cm³/mol. The molecule has 0 bridgehead atoms. The van der Waals surface area contributed by atoms with E-state index in [0.29, 0.717) is 0 Å². The first-order valence-electron chi connectivity index (χ1n) is 1.49. The van der Waals surface area contributed by atoms with Crippen LogP contribution >= 0.6 is 11.9 Å². The number of hydrogen-bond acceptors (Lipinski definition) is 8. The quantitative estimate of drug-likeness (QED) is 0.293. The van der Waals surface area contributed by atoms with Gasteiger partial charge in [-0.2, -0.15) is 3.74 Å². The molecule has 0 aliphatic carbocycles. The van der Waals surface area contributed by atoms with Gasteiger partial charge in [0.15, 0.2) is 0 Å². The van der Waals surface area contributed by atoms with E-state index in [0.717, 1.165) is 0 Å². The fourth-order valence-electron chi connectivity index (χ4n) is 0. The molecule has 0 amide bonds. The second-order valence-electron chi connectivity index (χ2n) is 0.879. The summed E-state index contributed by atoms with van der Waals surface area (Å²) in [7, 11) is -9.81. The second kappa shape index (κ2) is 7.01. The molecule has 0 radical (unpaired) electrons. The molecule has 0 heterocycles. The van der Waals surface area contributed by atoms with Crippen LogP contribution in [0, 0.1) is 0 Å². The summed E-state index contributed by atoms with van der Waals surface area (Å²) in [6.07, 6.45) is 0. The van der Waals surface area contributed by atoms with Crippen molar-refractivity contribution in [3.8, 4) is 0 Å². The summed E-state index contributed by atoms with van der Waals surface area (Å²) in [5.41, 5.74) is 0. The molecule has 0 aromatic heterocycles. The van der Waals surface area contributed by atoms with Gasteiger partial charge in [-0.3, -0.25) is 8.42 Å². The van der Waals surface area contributed by atoms with Crippen LogP contribution in [0.4, 0.5) is 0 Å². The van der Waals surface area contributed by atoms with Crippen LogP contribution in [0.1, 0.15) is 0 Å². The minimum atomic E-state index is -5.17. The largest absolute Gasteiger partial charge is 3.00 e. The van der Waals surface area contributed by atoms with E-state index in [-0.39, 0.29) is 17.4 Å². The molecule has 0 unspecified atom stereocenters. The van der Waals surface area contributed by atoms with Gasteiger partial charge in [-0.05, 0) is 0 Å². The summed E-state index contributed by atoms with van der Waals surface area (Å²) in [4.78, 5) is 0. The zero-order chi connectivity index (χ0) is 9.71. The van der Waals surface area contributed by atoms with Crippen LogP contribution in [0.3, 0.4) is 0 Å². The van der Waals surface area contributed by atoms with Gasteiger partial charge < -0.3 is 13.7 Å². The van der Waals surface area contributed by atoms with Crippen LogP contribution in [-0.4, -0.2) is 47.9 Å². The standard InChI is InChI=1S/Al.ClHO4S.H2O4S/c;1-5-6(2,3)4;1-5(2,3)4/h;(H,2,3,4);(H2,1,2,3,4)/q+3;;/p-3. The molecular formula is AlClO8S2. The molecule has 0 atom stereocenters. The zero-order valence-corrected chi connectivity index (χ0v) is 8.58. The molecule has 0 N–H and O–H groups in total. The van der Waals surface area contributed by atoms with E-state index in [1.165, 1.54) is 0 Å². The van der Waals surface area contributed by atoms with Crippen LogP contribution in [0.25, 0.3) is 0 Å². The van der Waals surface area contributed by atoms with Crippen LogP contribution in [0.5, 0.6) is 0 Å². The number of rotatable bonds is 1. The molecule has 0 saturated heterocycles. The molecule has 0 aromatic carbocycles. The van der Waals surface area contributed by atoms with Crippen LogP contribution in [-0.2, 0) is 24.5 Å². The van der Waals surface area contributed by atoms with Gasteiger partial charge in [-0.1, -0.05) is 0 Å². The molecule has 0 fully saturated rings. The second-order valence-corrected chi connectivity index (χ2v) is 3.02. The Kier molecular flexibility index (Phi) is 10.7. The Labute approximate surface area is 84.3 Å². The van der Waals surface area contributed by atoms with Crippen molar-refractivity contribution in [2.75, 3.05) is 0 Å². The molecule has 0 aliphatic heterocycles. The monoisotopic (exact) mass is 254 g/mol. The van der Waals surface area contributed by atoms with Gasteiger partial charge in [-0.15, -0.1) is 0 Å². The molecular weight excluding hydrogens is 255 g/mol. The summed E-state index contributed by atoms with van der Waals surface area (Å²) in [6, 6.07) is 0. The smallest absolute Gasteiger partial charge is 0.759 e. The first-order chi connectivity index (χ1) is 4.56. The Morgan fingerprint density at radius 3 is 1.08 bits per heavy atom. The molecule has 0 aliphatic rings. The normalized spacial score (nSPS) is 10.7. The van der Waals surface area contributed by atoms with Crippen molar-refractivity contribution >= 4 is 50.0 Å². The van der Waals surface area contributed by atoms with Gasteiger partial charge >= 0.3 is 17.4 Å². The SMILES string of the molecule is O=S(=O)([O-])OCl.O=S(=O)([O-])[O-].[Al+3]. The average Bonchev–Trinajstić information content (AvgIpc) is 1.59. The maximum atomic E-state index is 9.09. The van der Waals surface area contributed by atoms with Crippen molar-refractivity contribution in [1.82, 2.24) is 0 Å². The van der Waals surface area contributed by atoms with E-state index in [1.807, 2.05) is 0 Å². The molecule has 12 heteroatoms. The topological polar surface area (TPSA) is 147 Å². The molecule has 0 spiro atoms. The van der Waals surface area contributed by atoms with Crippen molar-refractivity contribution in [3.63, 3.8) is 0 Å². The fraction of sp³-hybridized carbons (Fsp3) is 0. The van der Waals surface area contributed by atoms with E-state index in [9.17, 15) is 0 Å². The van der Waals surface area contributed by atoms with Gasteiger partial charge in [0.1, 0.15) is 0 Å². The summed E-state index contributed by atoms with van der Waals surface area (Å²) < 4.78 is 64.2. The maximum absolute atomic E-state index is 9.09. The van der Waals surface area contributed by atoms with Gasteiger partial charge in [0.25, 0.3) is 0 Å². The van der Waals surface area contributed by atoms with Crippen molar-refractivity contribution < 1.29 is 34.2 Å². The maximum Gasteiger partial charge on any atom is 3.00 e. The van der Waals surface area contributed by atoms with E-state index in [2.05, 4.69) is 15.6 Å². The molecule has 8 nitrogen and oxygen atoms in total. The number of halogens is 1. The van der Waals surface area contributed by atoms with Gasteiger partial charge in [0.05, 0.1) is 11.9 Å². The van der Waals surface area contributed by atoms with E-state index < -0.39 is 20.8 Å². The van der Waals surface area contributed by atoms with Gasteiger partial charge in [-0.25, -0.2) is 8.42 Å². The Morgan fingerprint density at radius 2 is 1.08 bits per heavy atom. The Balaban J connectivity index is -0.000000126. The van der Waals surface area contributed by atoms with E-state index in [1.54, 1.807) is 0 Å². The Morgan fingerprint density at radius 1 is 1.00 bits per heavy atom. The fourth-order valence-corrected chi connectivity index (χ4v) is 0. The number of hydrogen-bond donors (Lipinski definition) is 0. The van der Waals surface area contributed by atoms with Gasteiger partial charge in [0, 0.05) is 10.4 Å². The first kappa shape index (κ1) is 18.4. The average molecular weight is 255 g/mol. The van der Waals surface area contributed by atoms with Gasteiger partial charge in [0.2, 0.25) is 10.4 Å². The van der Waals surface area contributed by atoms with Crippen LogP contribution < -0.4 is 0 Å².